The number of ether oxygens (including phenoxy) is 4. The Morgan fingerprint density at radius 3 is 0.791 bits per heavy atom. The Morgan fingerprint density at radius 1 is 0.314 bits per heavy atom. The number of carbonyl (C=O) groups is 4. The van der Waals surface area contributed by atoms with Crippen LogP contribution < -0.4 is 0 Å². The summed E-state index contributed by atoms with van der Waals surface area (Å²) in [6.45, 7) is 11.7. The summed E-state index contributed by atoms with van der Waals surface area (Å²) in [5.74, 6) is 0.0715. The maximum atomic E-state index is 13.0. The average Bonchev–Trinajstić information content (AvgIpc) is 3.67. The zero-order valence-corrected chi connectivity index (χ0v) is 57.6. The molecule has 86 heavy (non-hydrogen) atoms. The summed E-state index contributed by atoms with van der Waals surface area (Å²) in [7, 11) is -9.89. The van der Waals surface area contributed by atoms with Gasteiger partial charge in [-0.25, -0.2) is 9.13 Å². The largest absolute Gasteiger partial charge is 0.472 e. The van der Waals surface area contributed by atoms with Gasteiger partial charge in [-0.05, 0) is 43.4 Å². The molecule has 2 unspecified atom stereocenters. The highest BCUT2D eigenvalue weighted by molar-refractivity contribution is 7.47. The Morgan fingerprint density at radius 2 is 0.535 bits per heavy atom. The number of rotatable bonds is 65. The lowest BCUT2D eigenvalue weighted by atomic mass is 10.0. The smallest absolute Gasteiger partial charge is 0.462 e. The van der Waals surface area contributed by atoms with Crippen LogP contribution in [0.4, 0.5) is 0 Å². The van der Waals surface area contributed by atoms with E-state index >= 15 is 0 Å². The third kappa shape index (κ3) is 60.9. The zero-order valence-electron chi connectivity index (χ0n) is 55.8. The number of esters is 4. The molecule has 0 heterocycles. The third-order valence-electron chi connectivity index (χ3n) is 15.4. The lowest BCUT2D eigenvalue weighted by Crippen LogP contribution is -2.30. The molecule has 0 saturated heterocycles. The number of phosphoric acid groups is 2. The normalized spacial score (nSPS) is 14.3. The van der Waals surface area contributed by atoms with Crippen LogP contribution in [0.15, 0.2) is 0 Å². The predicted molar refractivity (Wildman–Crippen MR) is 344 cm³/mol. The van der Waals surface area contributed by atoms with Crippen LogP contribution in [-0.2, 0) is 65.4 Å². The van der Waals surface area contributed by atoms with Gasteiger partial charge in [0.2, 0.25) is 0 Å². The highest BCUT2D eigenvalue weighted by Crippen LogP contribution is 2.45. The van der Waals surface area contributed by atoms with Gasteiger partial charge >= 0.3 is 39.5 Å². The molecule has 17 nitrogen and oxygen atoms in total. The van der Waals surface area contributed by atoms with E-state index in [1.807, 2.05) is 0 Å². The second-order valence-corrected chi connectivity index (χ2v) is 28.5. The lowest BCUT2D eigenvalue weighted by molar-refractivity contribution is -0.161. The van der Waals surface area contributed by atoms with Gasteiger partial charge < -0.3 is 33.8 Å². The fraction of sp³-hybridized carbons (Fsp3) is 0.940. The van der Waals surface area contributed by atoms with Crippen molar-refractivity contribution in [2.75, 3.05) is 39.6 Å². The average molecular weight is 1270 g/mol. The summed E-state index contributed by atoms with van der Waals surface area (Å²) in [5.41, 5.74) is 0. The van der Waals surface area contributed by atoms with E-state index in [1.165, 1.54) is 122 Å². The van der Waals surface area contributed by atoms with Gasteiger partial charge in [0.05, 0.1) is 26.4 Å². The molecule has 0 aliphatic heterocycles. The minimum absolute atomic E-state index is 0.103. The molecule has 3 N–H and O–H groups in total. The van der Waals surface area contributed by atoms with Gasteiger partial charge in [-0.2, -0.15) is 0 Å². The minimum atomic E-state index is -4.95. The highest BCUT2D eigenvalue weighted by atomic mass is 31.2. The lowest BCUT2D eigenvalue weighted by Gasteiger charge is -2.21. The second-order valence-electron chi connectivity index (χ2n) is 25.6. The summed E-state index contributed by atoms with van der Waals surface area (Å²) in [4.78, 5) is 72.2. The fourth-order valence-corrected chi connectivity index (χ4v) is 11.6. The Bertz CT molecular complexity index is 1700. The molecular weight excluding hydrogens is 1140 g/mol. The molecule has 0 aliphatic rings. The summed E-state index contributed by atoms with van der Waals surface area (Å²) < 4.78 is 68.0. The molecule has 0 saturated carbocycles. The summed E-state index contributed by atoms with van der Waals surface area (Å²) in [6.07, 6.45) is 40.7. The van der Waals surface area contributed by atoms with Gasteiger partial charge in [-0.15, -0.1) is 0 Å². The Balaban J connectivity index is 5.15. The van der Waals surface area contributed by atoms with E-state index in [4.69, 9.17) is 37.0 Å². The van der Waals surface area contributed by atoms with Gasteiger partial charge in [0.1, 0.15) is 19.3 Å². The van der Waals surface area contributed by atoms with E-state index in [9.17, 15) is 43.2 Å². The zero-order chi connectivity index (χ0) is 63.8. The van der Waals surface area contributed by atoms with Gasteiger partial charge in [0.15, 0.2) is 12.2 Å². The van der Waals surface area contributed by atoms with Crippen molar-refractivity contribution in [2.45, 2.75) is 349 Å². The van der Waals surface area contributed by atoms with Gasteiger partial charge in [-0.3, -0.25) is 37.3 Å². The van der Waals surface area contributed by atoms with Crippen molar-refractivity contribution >= 4 is 39.5 Å². The first-order valence-corrected chi connectivity index (χ1v) is 37.8. The van der Waals surface area contributed by atoms with E-state index in [0.717, 1.165) is 115 Å². The molecule has 0 aromatic rings. The first-order chi connectivity index (χ1) is 41.2. The number of phosphoric ester groups is 2. The SMILES string of the molecule is CCCCCCCCCC(=O)OC[C@H](COP(=O)(O)OC[C@H](O)COP(=O)(O)OC[C@@H](COC(=O)CCCCCCCCCC(C)C)OC(=O)CCCCCCCCCCCCCCCCCCC(C)C)OC(=O)CCCCCCCCCC(C)C. The molecule has 19 heteroatoms. The van der Waals surface area contributed by atoms with E-state index in [0.29, 0.717) is 37.5 Å². The van der Waals surface area contributed by atoms with E-state index in [1.54, 1.807) is 0 Å². The van der Waals surface area contributed by atoms with Crippen LogP contribution in [0.25, 0.3) is 0 Å². The molecule has 510 valence electrons. The van der Waals surface area contributed by atoms with Crippen LogP contribution in [0.3, 0.4) is 0 Å². The fourth-order valence-electron chi connectivity index (χ4n) is 10.0. The van der Waals surface area contributed by atoms with Crippen LogP contribution in [0, 0.1) is 17.8 Å². The van der Waals surface area contributed by atoms with Crippen LogP contribution in [0.5, 0.6) is 0 Å². The molecule has 0 rings (SSSR count). The van der Waals surface area contributed by atoms with Crippen molar-refractivity contribution in [1.82, 2.24) is 0 Å². The van der Waals surface area contributed by atoms with Crippen molar-refractivity contribution in [3.63, 3.8) is 0 Å². The number of hydrogen-bond acceptors (Lipinski definition) is 15. The number of aliphatic hydroxyl groups is 1. The van der Waals surface area contributed by atoms with Gasteiger partial charge in [0, 0.05) is 25.7 Å². The summed E-state index contributed by atoms with van der Waals surface area (Å²) in [5, 5.41) is 10.5. The number of carbonyl (C=O) groups excluding carboxylic acids is 4. The van der Waals surface area contributed by atoms with Crippen LogP contribution in [0.2, 0.25) is 0 Å². The van der Waals surface area contributed by atoms with E-state index in [-0.39, 0.29) is 25.7 Å². The highest BCUT2D eigenvalue weighted by Gasteiger charge is 2.30. The van der Waals surface area contributed by atoms with Gasteiger partial charge in [0.25, 0.3) is 0 Å². The molecule has 0 spiro atoms. The topological polar surface area (TPSA) is 237 Å². The van der Waals surface area contributed by atoms with Crippen molar-refractivity contribution in [2.24, 2.45) is 17.8 Å². The number of unbranched alkanes of at least 4 members (excludes halogenated alkanes) is 33. The molecule has 0 amide bonds. The predicted octanol–water partition coefficient (Wildman–Crippen LogP) is 18.7. The van der Waals surface area contributed by atoms with Crippen molar-refractivity contribution < 1.29 is 80.2 Å². The Kier molecular flexibility index (Phi) is 56.9. The maximum Gasteiger partial charge on any atom is 0.472 e. The second kappa shape index (κ2) is 58.2. The Hall–Kier alpha value is -1.94. The van der Waals surface area contributed by atoms with Crippen molar-refractivity contribution in [1.29, 1.82) is 0 Å². The van der Waals surface area contributed by atoms with Crippen LogP contribution in [0.1, 0.15) is 331 Å². The Labute approximate surface area is 524 Å². The first kappa shape index (κ1) is 84.1. The van der Waals surface area contributed by atoms with Crippen LogP contribution >= 0.6 is 15.6 Å². The van der Waals surface area contributed by atoms with Crippen molar-refractivity contribution in [3.8, 4) is 0 Å². The molecule has 0 radical (unpaired) electrons. The quantitative estimate of drug-likeness (QED) is 0.0222. The van der Waals surface area contributed by atoms with Crippen molar-refractivity contribution in [3.05, 3.63) is 0 Å². The molecule has 0 aliphatic carbocycles. The van der Waals surface area contributed by atoms with Crippen LogP contribution in [-0.4, -0.2) is 96.7 Å². The van der Waals surface area contributed by atoms with E-state index < -0.39 is 97.5 Å². The molecule has 0 aromatic heterocycles. The maximum absolute atomic E-state index is 13.0. The van der Waals surface area contributed by atoms with Gasteiger partial charge in [-0.1, -0.05) is 280 Å². The number of hydrogen-bond donors (Lipinski definition) is 3. The number of aliphatic hydroxyl groups excluding tert-OH is 1. The molecule has 0 aromatic carbocycles. The van der Waals surface area contributed by atoms with E-state index in [2.05, 4.69) is 48.5 Å². The first-order valence-electron chi connectivity index (χ1n) is 34.8. The summed E-state index contributed by atoms with van der Waals surface area (Å²) in [6, 6.07) is 0. The molecule has 5 atom stereocenters. The summed E-state index contributed by atoms with van der Waals surface area (Å²) >= 11 is 0. The molecular formula is C67H130O17P2. The third-order valence-corrected chi connectivity index (χ3v) is 17.3. The molecule has 0 fully saturated rings. The monoisotopic (exact) mass is 1270 g/mol. The minimum Gasteiger partial charge on any atom is -0.462 e. The molecule has 0 bridgehead atoms. The standard InChI is InChI=1S/C67H130O17P2/c1-8-9-10-11-24-34-41-48-64(69)77-54-62(84-67(72)51-44-37-30-23-27-33-40-47-60(6)7)56-81-85(73,74)79-52-61(68)53-80-86(75,76)82-57-63(55-78-65(70)49-42-35-29-22-26-32-39-46-59(4)5)83-66(71)50-43-36-28-21-19-17-15-13-12-14-16-18-20-25-31-38-45-58(2)3/h58-63,68H,8-57H2,1-7H3,(H,73,74)(H,75,76)/t61-,62+,63+/m0/s1.